The molecule has 1 aliphatic carbocycles. The second-order valence-corrected chi connectivity index (χ2v) is 4.98. The lowest BCUT2D eigenvalue weighted by Crippen LogP contribution is -2.32. The molecule has 0 spiro atoms. The van der Waals surface area contributed by atoms with Gasteiger partial charge in [0.2, 0.25) is 0 Å². The molecule has 0 saturated heterocycles. The quantitative estimate of drug-likeness (QED) is 0.822. The molecule has 1 aliphatic rings. The van der Waals surface area contributed by atoms with Crippen LogP contribution in [0.1, 0.15) is 25.7 Å². The van der Waals surface area contributed by atoms with Crippen molar-refractivity contribution in [3.8, 4) is 0 Å². The maximum atomic E-state index is 5.83. The van der Waals surface area contributed by atoms with E-state index >= 15 is 0 Å². The van der Waals surface area contributed by atoms with Gasteiger partial charge in [-0.15, -0.1) is 11.3 Å². The highest BCUT2D eigenvalue weighted by molar-refractivity contribution is 7.14. The van der Waals surface area contributed by atoms with Crippen LogP contribution in [-0.2, 0) is 0 Å². The summed E-state index contributed by atoms with van der Waals surface area (Å²) in [5.41, 5.74) is 5.83. The van der Waals surface area contributed by atoms with Gasteiger partial charge in [0, 0.05) is 17.5 Å². The Morgan fingerprint density at radius 1 is 1.43 bits per heavy atom. The predicted octanol–water partition coefficient (Wildman–Crippen LogP) is 2.48. The Morgan fingerprint density at radius 2 is 2.14 bits per heavy atom. The standard InChI is InChI=1S/C9H14ClN3S/c10-8-5-14-9(13-8)12-7-3-1-6(11)2-4-7/h5-7H,1-4,11H2,(H,12,13). The average molecular weight is 232 g/mol. The molecule has 0 aliphatic heterocycles. The Morgan fingerprint density at radius 3 is 2.71 bits per heavy atom. The first-order valence-electron chi connectivity index (χ1n) is 4.87. The van der Waals surface area contributed by atoms with Gasteiger partial charge in [-0.25, -0.2) is 4.98 Å². The third kappa shape index (κ3) is 2.59. The topological polar surface area (TPSA) is 50.9 Å². The van der Waals surface area contributed by atoms with Crippen molar-refractivity contribution in [3.05, 3.63) is 10.5 Å². The minimum atomic E-state index is 0.396. The molecule has 5 heteroatoms. The molecular weight excluding hydrogens is 218 g/mol. The van der Waals surface area contributed by atoms with Crippen LogP contribution in [-0.4, -0.2) is 17.1 Å². The van der Waals surface area contributed by atoms with Gasteiger partial charge in [-0.1, -0.05) is 11.6 Å². The lowest BCUT2D eigenvalue weighted by Gasteiger charge is -2.26. The maximum Gasteiger partial charge on any atom is 0.184 e. The van der Waals surface area contributed by atoms with Gasteiger partial charge in [0.1, 0.15) is 5.15 Å². The molecule has 3 N–H and O–H groups in total. The summed E-state index contributed by atoms with van der Waals surface area (Å²) >= 11 is 7.30. The van der Waals surface area contributed by atoms with Gasteiger partial charge in [0.25, 0.3) is 0 Å². The summed E-state index contributed by atoms with van der Waals surface area (Å²) in [6.45, 7) is 0. The summed E-state index contributed by atoms with van der Waals surface area (Å²) < 4.78 is 0. The molecule has 1 fully saturated rings. The monoisotopic (exact) mass is 231 g/mol. The van der Waals surface area contributed by atoms with E-state index in [0.29, 0.717) is 17.2 Å². The van der Waals surface area contributed by atoms with E-state index in [1.807, 2.05) is 5.38 Å². The molecule has 1 aromatic heterocycles. The summed E-state index contributed by atoms with van der Waals surface area (Å²) in [4.78, 5) is 4.17. The van der Waals surface area contributed by atoms with E-state index in [9.17, 15) is 0 Å². The van der Waals surface area contributed by atoms with Crippen LogP contribution in [0, 0.1) is 0 Å². The SMILES string of the molecule is NC1CCC(Nc2nc(Cl)cs2)CC1. The van der Waals surface area contributed by atoms with E-state index in [0.717, 1.165) is 30.8 Å². The van der Waals surface area contributed by atoms with Crippen LogP contribution in [0.4, 0.5) is 5.13 Å². The molecule has 1 heterocycles. The van der Waals surface area contributed by atoms with Crippen molar-refractivity contribution in [1.82, 2.24) is 4.98 Å². The second kappa shape index (κ2) is 4.47. The summed E-state index contributed by atoms with van der Waals surface area (Å²) in [5.74, 6) is 0. The number of nitrogens with two attached hydrogens (primary N) is 1. The number of rotatable bonds is 2. The van der Waals surface area contributed by atoms with Crippen molar-refractivity contribution in [1.29, 1.82) is 0 Å². The number of nitrogens with one attached hydrogen (secondary N) is 1. The number of nitrogens with zero attached hydrogens (tertiary/aromatic N) is 1. The van der Waals surface area contributed by atoms with E-state index < -0.39 is 0 Å². The Hall–Kier alpha value is -0.320. The number of halogens is 1. The molecular formula is C9H14ClN3S. The van der Waals surface area contributed by atoms with Crippen molar-refractivity contribution in [3.63, 3.8) is 0 Å². The Kier molecular flexibility index (Phi) is 3.26. The van der Waals surface area contributed by atoms with Crippen LogP contribution in [0.25, 0.3) is 0 Å². The number of aromatic nitrogens is 1. The van der Waals surface area contributed by atoms with Gasteiger partial charge in [-0.2, -0.15) is 0 Å². The first-order valence-corrected chi connectivity index (χ1v) is 6.13. The summed E-state index contributed by atoms with van der Waals surface area (Å²) in [5, 5.41) is 6.74. The molecule has 0 radical (unpaired) electrons. The minimum Gasteiger partial charge on any atom is -0.359 e. The van der Waals surface area contributed by atoms with Gasteiger partial charge in [0.05, 0.1) is 0 Å². The normalized spacial score (nSPS) is 27.6. The Bertz CT molecular complexity index is 294. The lowest BCUT2D eigenvalue weighted by atomic mass is 9.92. The van der Waals surface area contributed by atoms with E-state index in [1.165, 1.54) is 0 Å². The van der Waals surface area contributed by atoms with Crippen LogP contribution >= 0.6 is 22.9 Å². The molecule has 0 bridgehead atoms. The molecule has 0 amide bonds. The molecule has 14 heavy (non-hydrogen) atoms. The van der Waals surface area contributed by atoms with Crippen molar-refractivity contribution in [2.75, 3.05) is 5.32 Å². The third-order valence-electron chi connectivity index (χ3n) is 2.58. The van der Waals surface area contributed by atoms with Crippen LogP contribution in [0.15, 0.2) is 5.38 Å². The first-order chi connectivity index (χ1) is 6.74. The zero-order chi connectivity index (χ0) is 9.97. The van der Waals surface area contributed by atoms with Crippen molar-refractivity contribution >= 4 is 28.1 Å². The fraction of sp³-hybridized carbons (Fsp3) is 0.667. The zero-order valence-corrected chi connectivity index (χ0v) is 9.44. The summed E-state index contributed by atoms with van der Waals surface area (Å²) in [6, 6.07) is 0.921. The van der Waals surface area contributed by atoms with Gasteiger partial charge in [-0.05, 0) is 25.7 Å². The van der Waals surface area contributed by atoms with Gasteiger partial charge < -0.3 is 11.1 Å². The highest BCUT2D eigenvalue weighted by atomic mass is 35.5. The van der Waals surface area contributed by atoms with Crippen molar-refractivity contribution < 1.29 is 0 Å². The molecule has 3 nitrogen and oxygen atoms in total. The van der Waals surface area contributed by atoms with Gasteiger partial charge in [0.15, 0.2) is 5.13 Å². The molecule has 1 aromatic rings. The van der Waals surface area contributed by atoms with Gasteiger partial charge >= 0.3 is 0 Å². The van der Waals surface area contributed by atoms with E-state index in [-0.39, 0.29) is 0 Å². The molecule has 2 rings (SSSR count). The van der Waals surface area contributed by atoms with Crippen LogP contribution in [0.3, 0.4) is 0 Å². The minimum absolute atomic E-state index is 0.396. The van der Waals surface area contributed by atoms with Crippen LogP contribution in [0.5, 0.6) is 0 Å². The zero-order valence-electron chi connectivity index (χ0n) is 7.87. The highest BCUT2D eigenvalue weighted by Crippen LogP contribution is 2.24. The number of hydrogen-bond acceptors (Lipinski definition) is 4. The number of anilines is 1. The predicted molar refractivity (Wildman–Crippen MR) is 61.0 cm³/mol. The van der Waals surface area contributed by atoms with E-state index in [1.54, 1.807) is 11.3 Å². The number of thiazole rings is 1. The fourth-order valence-corrected chi connectivity index (χ4v) is 2.67. The molecule has 78 valence electrons. The van der Waals surface area contributed by atoms with Crippen molar-refractivity contribution in [2.45, 2.75) is 37.8 Å². The molecule has 0 unspecified atom stereocenters. The van der Waals surface area contributed by atoms with Crippen molar-refractivity contribution in [2.24, 2.45) is 5.73 Å². The van der Waals surface area contributed by atoms with E-state index in [4.69, 9.17) is 17.3 Å². The lowest BCUT2D eigenvalue weighted by molar-refractivity contribution is 0.411. The smallest absolute Gasteiger partial charge is 0.184 e. The maximum absolute atomic E-state index is 5.83. The van der Waals surface area contributed by atoms with Gasteiger partial charge in [-0.3, -0.25) is 0 Å². The largest absolute Gasteiger partial charge is 0.359 e. The summed E-state index contributed by atoms with van der Waals surface area (Å²) in [6.07, 6.45) is 4.49. The van der Waals surface area contributed by atoms with Crippen LogP contribution in [0.2, 0.25) is 5.15 Å². The third-order valence-corrected chi connectivity index (χ3v) is 3.67. The molecule has 0 aromatic carbocycles. The van der Waals surface area contributed by atoms with Crippen LogP contribution < -0.4 is 11.1 Å². The Balaban J connectivity index is 1.86. The Labute approximate surface area is 92.7 Å². The number of hydrogen-bond donors (Lipinski definition) is 2. The molecule has 1 saturated carbocycles. The van der Waals surface area contributed by atoms with E-state index in [2.05, 4.69) is 10.3 Å². The highest BCUT2D eigenvalue weighted by Gasteiger charge is 2.18. The molecule has 0 atom stereocenters. The fourth-order valence-electron chi connectivity index (χ4n) is 1.76. The summed E-state index contributed by atoms with van der Waals surface area (Å²) in [7, 11) is 0. The average Bonchev–Trinajstić information content (AvgIpc) is 2.56. The first kappa shape index (κ1) is 10.2. The second-order valence-electron chi connectivity index (χ2n) is 3.73.